The summed E-state index contributed by atoms with van der Waals surface area (Å²) in [4.78, 5) is 0. The lowest BCUT2D eigenvalue weighted by Crippen LogP contribution is -2.20. The lowest BCUT2D eigenvalue weighted by molar-refractivity contribution is -0.142. The van der Waals surface area contributed by atoms with Gasteiger partial charge in [0.05, 0.1) is 6.61 Å². The number of para-hydroxylation sites is 1. The zero-order chi connectivity index (χ0) is 14.1. The Morgan fingerprint density at radius 1 is 1.00 bits per heavy atom. The molecule has 0 heterocycles. The second-order valence-corrected chi connectivity index (χ2v) is 4.67. The molecule has 0 aliphatic carbocycles. The van der Waals surface area contributed by atoms with Gasteiger partial charge in [-0.05, 0) is 31.4 Å². The maximum absolute atomic E-state index is 5.86. The van der Waals surface area contributed by atoms with Gasteiger partial charge in [0.25, 0.3) is 0 Å². The molecule has 0 saturated carbocycles. The van der Waals surface area contributed by atoms with Crippen molar-refractivity contribution in [2.45, 2.75) is 46.3 Å². The van der Waals surface area contributed by atoms with Gasteiger partial charge in [0.1, 0.15) is 5.75 Å². The monoisotopic (exact) mass is 266 g/mol. The lowest BCUT2D eigenvalue weighted by atomic mass is 10.0. The van der Waals surface area contributed by atoms with E-state index in [0.717, 1.165) is 12.2 Å². The molecular formula is C16H26O3. The van der Waals surface area contributed by atoms with Crippen LogP contribution in [-0.4, -0.2) is 26.1 Å². The van der Waals surface area contributed by atoms with Gasteiger partial charge in [0.15, 0.2) is 6.29 Å². The van der Waals surface area contributed by atoms with Crippen LogP contribution in [0.1, 0.15) is 45.6 Å². The van der Waals surface area contributed by atoms with Crippen LogP contribution in [0.15, 0.2) is 24.3 Å². The molecule has 0 aliphatic heterocycles. The number of rotatable bonds is 9. The predicted octanol–water partition coefficient (Wildman–Crippen LogP) is 3.98. The summed E-state index contributed by atoms with van der Waals surface area (Å²) in [5.74, 6) is 1.43. The minimum atomic E-state index is -0.166. The molecular weight excluding hydrogens is 240 g/mol. The van der Waals surface area contributed by atoms with E-state index in [0.29, 0.717) is 25.7 Å². The van der Waals surface area contributed by atoms with Gasteiger partial charge in [0.2, 0.25) is 0 Å². The van der Waals surface area contributed by atoms with E-state index < -0.39 is 0 Å². The molecule has 1 aromatic carbocycles. The molecule has 3 nitrogen and oxygen atoms in total. The Balaban J connectivity index is 2.47. The Bertz CT molecular complexity index is 344. The van der Waals surface area contributed by atoms with Crippen LogP contribution in [0.5, 0.6) is 5.75 Å². The summed E-state index contributed by atoms with van der Waals surface area (Å²) in [6.45, 7) is 10.2. The molecule has 0 unspecified atom stereocenters. The number of benzene rings is 1. The third-order valence-corrected chi connectivity index (χ3v) is 2.86. The summed E-state index contributed by atoms with van der Waals surface area (Å²) in [5, 5.41) is 0. The van der Waals surface area contributed by atoms with Gasteiger partial charge in [-0.3, -0.25) is 0 Å². The highest BCUT2D eigenvalue weighted by atomic mass is 16.7. The van der Waals surface area contributed by atoms with E-state index >= 15 is 0 Å². The Morgan fingerprint density at radius 2 is 1.63 bits per heavy atom. The predicted molar refractivity (Wildman–Crippen MR) is 77.7 cm³/mol. The zero-order valence-corrected chi connectivity index (χ0v) is 12.5. The van der Waals surface area contributed by atoms with Crippen molar-refractivity contribution in [2.24, 2.45) is 0 Å². The molecule has 0 spiro atoms. The Kier molecular flexibility index (Phi) is 7.53. The number of ether oxygens (including phenoxy) is 3. The molecule has 0 amide bonds. The van der Waals surface area contributed by atoms with Crippen molar-refractivity contribution in [1.82, 2.24) is 0 Å². The summed E-state index contributed by atoms with van der Waals surface area (Å²) < 4.78 is 16.9. The van der Waals surface area contributed by atoms with Crippen LogP contribution in [-0.2, 0) is 9.47 Å². The molecule has 0 saturated heterocycles. The van der Waals surface area contributed by atoms with Gasteiger partial charge in [-0.1, -0.05) is 32.0 Å². The maximum Gasteiger partial charge on any atom is 0.160 e. The summed E-state index contributed by atoms with van der Waals surface area (Å²) in [6, 6.07) is 8.18. The number of hydrogen-bond acceptors (Lipinski definition) is 3. The molecule has 3 heteroatoms. The molecule has 0 aromatic heterocycles. The Hall–Kier alpha value is -1.06. The molecule has 0 atom stereocenters. The van der Waals surface area contributed by atoms with Crippen LogP contribution in [0.2, 0.25) is 0 Å². The van der Waals surface area contributed by atoms with Crippen LogP contribution in [0.3, 0.4) is 0 Å². The first-order valence-corrected chi connectivity index (χ1v) is 7.13. The Labute approximate surface area is 116 Å². The quantitative estimate of drug-likeness (QED) is 0.633. The molecule has 0 fully saturated rings. The zero-order valence-electron chi connectivity index (χ0n) is 12.5. The van der Waals surface area contributed by atoms with Crippen LogP contribution in [0, 0.1) is 0 Å². The molecule has 0 radical (unpaired) electrons. The van der Waals surface area contributed by atoms with E-state index in [1.54, 1.807) is 0 Å². The molecule has 0 N–H and O–H groups in total. The van der Waals surface area contributed by atoms with Crippen molar-refractivity contribution in [2.75, 3.05) is 19.8 Å². The van der Waals surface area contributed by atoms with Gasteiger partial charge < -0.3 is 14.2 Å². The summed E-state index contributed by atoms with van der Waals surface area (Å²) in [5.41, 5.74) is 1.24. The van der Waals surface area contributed by atoms with Gasteiger partial charge >= 0.3 is 0 Å². The average molecular weight is 266 g/mol. The first kappa shape index (κ1) is 16.0. The van der Waals surface area contributed by atoms with Crippen LogP contribution < -0.4 is 4.74 Å². The van der Waals surface area contributed by atoms with Crippen molar-refractivity contribution in [3.63, 3.8) is 0 Å². The molecule has 1 rings (SSSR count). The van der Waals surface area contributed by atoms with Crippen LogP contribution >= 0.6 is 0 Å². The molecule has 108 valence electrons. The van der Waals surface area contributed by atoms with Gasteiger partial charge in [-0.25, -0.2) is 0 Å². The van der Waals surface area contributed by atoms with E-state index in [9.17, 15) is 0 Å². The highest BCUT2D eigenvalue weighted by Crippen LogP contribution is 2.26. The van der Waals surface area contributed by atoms with E-state index in [2.05, 4.69) is 19.9 Å². The average Bonchev–Trinajstić information content (AvgIpc) is 2.39. The van der Waals surface area contributed by atoms with E-state index in [-0.39, 0.29) is 6.29 Å². The third-order valence-electron chi connectivity index (χ3n) is 2.86. The van der Waals surface area contributed by atoms with Crippen molar-refractivity contribution >= 4 is 0 Å². The normalized spacial score (nSPS) is 11.3. The van der Waals surface area contributed by atoms with Crippen LogP contribution in [0.25, 0.3) is 0 Å². The van der Waals surface area contributed by atoms with E-state index in [1.165, 1.54) is 5.56 Å². The molecule has 0 aliphatic rings. The topological polar surface area (TPSA) is 27.7 Å². The third kappa shape index (κ3) is 5.62. The van der Waals surface area contributed by atoms with Crippen molar-refractivity contribution in [3.8, 4) is 5.75 Å². The van der Waals surface area contributed by atoms with E-state index in [1.807, 2.05) is 32.0 Å². The van der Waals surface area contributed by atoms with Crippen molar-refractivity contribution < 1.29 is 14.2 Å². The van der Waals surface area contributed by atoms with E-state index in [4.69, 9.17) is 14.2 Å². The largest absolute Gasteiger partial charge is 0.493 e. The minimum Gasteiger partial charge on any atom is -0.493 e. The van der Waals surface area contributed by atoms with Gasteiger partial charge in [-0.2, -0.15) is 0 Å². The first-order chi connectivity index (χ1) is 9.19. The summed E-state index contributed by atoms with van der Waals surface area (Å²) in [7, 11) is 0. The van der Waals surface area contributed by atoms with Crippen LogP contribution in [0.4, 0.5) is 0 Å². The minimum absolute atomic E-state index is 0.166. The summed E-state index contributed by atoms with van der Waals surface area (Å²) >= 11 is 0. The van der Waals surface area contributed by atoms with Gasteiger partial charge in [0, 0.05) is 19.6 Å². The highest BCUT2D eigenvalue weighted by Gasteiger charge is 2.10. The fraction of sp³-hybridized carbons (Fsp3) is 0.625. The number of hydrogen-bond donors (Lipinski definition) is 0. The van der Waals surface area contributed by atoms with Crippen molar-refractivity contribution in [1.29, 1.82) is 0 Å². The summed E-state index contributed by atoms with van der Waals surface area (Å²) in [6.07, 6.45) is 0.579. The SMILES string of the molecule is CCOC(CCOc1ccccc1C(C)C)OCC. The fourth-order valence-electron chi connectivity index (χ4n) is 1.94. The second-order valence-electron chi connectivity index (χ2n) is 4.67. The Morgan fingerprint density at radius 3 is 2.21 bits per heavy atom. The lowest BCUT2D eigenvalue weighted by Gasteiger charge is -2.18. The molecule has 1 aromatic rings. The van der Waals surface area contributed by atoms with Crippen molar-refractivity contribution in [3.05, 3.63) is 29.8 Å². The second kappa shape index (κ2) is 8.94. The standard InChI is InChI=1S/C16H26O3/c1-5-17-16(18-6-2)11-12-19-15-10-8-7-9-14(15)13(3)4/h7-10,13,16H,5-6,11-12H2,1-4H3. The maximum atomic E-state index is 5.86. The first-order valence-electron chi connectivity index (χ1n) is 7.13. The molecule has 19 heavy (non-hydrogen) atoms. The van der Waals surface area contributed by atoms with Gasteiger partial charge in [-0.15, -0.1) is 0 Å². The highest BCUT2D eigenvalue weighted by molar-refractivity contribution is 5.35. The molecule has 0 bridgehead atoms. The fourth-order valence-corrected chi connectivity index (χ4v) is 1.94. The smallest absolute Gasteiger partial charge is 0.160 e.